The molecule has 0 aliphatic rings. The first-order valence-corrected chi connectivity index (χ1v) is 10.8. The van der Waals surface area contributed by atoms with E-state index < -0.39 is 24.1 Å². The number of aromatic amines is 1. The standard InChI is InChI=1S/C26H26F3NO4/c1-25(2,3)18-9-5-16(6-10-18)20-15-21(30-23(31)22(20)24(32)33)17-7-11-19(12-8-17)34-14-4-13-26(27,28)29/h5-12,15H,4,13-14H2,1-3H3,(H,30,31)(H,32,33). The lowest BCUT2D eigenvalue weighted by atomic mass is 9.86. The fourth-order valence-electron chi connectivity index (χ4n) is 3.50. The molecule has 0 radical (unpaired) electrons. The SMILES string of the molecule is CC(C)(C)c1ccc(-c2cc(-c3ccc(OCCCC(F)(F)F)cc3)[nH]c(=O)c2C(=O)O)cc1. The van der Waals surface area contributed by atoms with Crippen molar-refractivity contribution in [3.05, 3.63) is 76.1 Å². The molecule has 0 amide bonds. The second-order valence-corrected chi connectivity index (χ2v) is 9.02. The van der Waals surface area contributed by atoms with Crippen LogP contribution in [0.15, 0.2) is 59.4 Å². The Hall–Kier alpha value is -3.55. The maximum Gasteiger partial charge on any atom is 0.389 e. The molecular weight excluding hydrogens is 447 g/mol. The number of halogens is 3. The monoisotopic (exact) mass is 473 g/mol. The number of hydrogen-bond acceptors (Lipinski definition) is 3. The van der Waals surface area contributed by atoms with Crippen molar-refractivity contribution in [1.29, 1.82) is 0 Å². The van der Waals surface area contributed by atoms with Crippen LogP contribution in [-0.4, -0.2) is 28.8 Å². The number of carbonyl (C=O) groups is 1. The Morgan fingerprint density at radius 3 is 2.09 bits per heavy atom. The fourth-order valence-corrected chi connectivity index (χ4v) is 3.50. The van der Waals surface area contributed by atoms with Gasteiger partial charge in [0.25, 0.3) is 5.56 Å². The average molecular weight is 473 g/mol. The Morgan fingerprint density at radius 2 is 1.56 bits per heavy atom. The quantitative estimate of drug-likeness (QED) is 0.388. The second-order valence-electron chi connectivity index (χ2n) is 9.02. The van der Waals surface area contributed by atoms with E-state index in [2.05, 4.69) is 25.8 Å². The van der Waals surface area contributed by atoms with Crippen molar-refractivity contribution in [2.24, 2.45) is 0 Å². The van der Waals surface area contributed by atoms with E-state index in [4.69, 9.17) is 4.74 Å². The maximum absolute atomic E-state index is 12.6. The van der Waals surface area contributed by atoms with Crippen LogP contribution < -0.4 is 10.3 Å². The summed E-state index contributed by atoms with van der Waals surface area (Å²) in [5.41, 5.74) is 1.82. The Morgan fingerprint density at radius 1 is 0.971 bits per heavy atom. The summed E-state index contributed by atoms with van der Waals surface area (Å²) in [6, 6.07) is 15.5. The van der Waals surface area contributed by atoms with Gasteiger partial charge in [-0.25, -0.2) is 4.79 Å². The van der Waals surface area contributed by atoms with E-state index >= 15 is 0 Å². The molecule has 1 heterocycles. The van der Waals surface area contributed by atoms with Gasteiger partial charge in [-0.3, -0.25) is 4.79 Å². The number of aromatic carboxylic acids is 1. The largest absolute Gasteiger partial charge is 0.494 e. The number of aromatic nitrogens is 1. The molecule has 0 bridgehead atoms. The highest BCUT2D eigenvalue weighted by Gasteiger charge is 2.26. The maximum atomic E-state index is 12.6. The number of carboxylic acid groups (broad SMARTS) is 1. The summed E-state index contributed by atoms with van der Waals surface area (Å²) < 4.78 is 42.1. The molecule has 0 aliphatic heterocycles. The minimum atomic E-state index is -4.22. The zero-order chi connectivity index (χ0) is 25.1. The third-order valence-corrected chi connectivity index (χ3v) is 5.35. The molecule has 0 saturated carbocycles. The summed E-state index contributed by atoms with van der Waals surface area (Å²) in [5, 5.41) is 9.64. The van der Waals surface area contributed by atoms with E-state index in [0.717, 1.165) is 5.56 Å². The topological polar surface area (TPSA) is 79.4 Å². The van der Waals surface area contributed by atoms with Crippen molar-refractivity contribution < 1.29 is 27.8 Å². The Balaban J connectivity index is 1.89. The van der Waals surface area contributed by atoms with Crippen LogP contribution in [0.25, 0.3) is 22.4 Å². The fraction of sp³-hybridized carbons (Fsp3) is 0.308. The predicted octanol–water partition coefficient (Wildman–Crippen LogP) is 6.43. The first kappa shape index (κ1) is 25.1. The van der Waals surface area contributed by atoms with Crippen molar-refractivity contribution in [3.8, 4) is 28.1 Å². The van der Waals surface area contributed by atoms with Crippen LogP contribution in [0, 0.1) is 0 Å². The lowest BCUT2D eigenvalue weighted by molar-refractivity contribution is -0.136. The normalized spacial score (nSPS) is 11.9. The lowest BCUT2D eigenvalue weighted by Gasteiger charge is -2.19. The van der Waals surface area contributed by atoms with Crippen molar-refractivity contribution in [2.75, 3.05) is 6.61 Å². The predicted molar refractivity (Wildman–Crippen MR) is 124 cm³/mol. The average Bonchev–Trinajstić information content (AvgIpc) is 2.75. The number of H-pyrrole nitrogens is 1. The number of rotatable bonds is 7. The van der Waals surface area contributed by atoms with Crippen LogP contribution in [-0.2, 0) is 5.41 Å². The molecule has 0 unspecified atom stereocenters. The molecule has 34 heavy (non-hydrogen) atoms. The number of alkyl halides is 3. The summed E-state index contributed by atoms with van der Waals surface area (Å²) in [5.74, 6) is -0.932. The van der Waals surface area contributed by atoms with Gasteiger partial charge in [0.05, 0.1) is 6.61 Å². The molecule has 8 heteroatoms. The number of benzene rings is 2. The molecule has 0 saturated heterocycles. The van der Waals surface area contributed by atoms with Crippen molar-refractivity contribution in [2.45, 2.75) is 45.2 Å². The second kappa shape index (κ2) is 9.75. The van der Waals surface area contributed by atoms with Gasteiger partial charge < -0.3 is 14.8 Å². The number of ether oxygens (including phenoxy) is 1. The summed E-state index contributed by atoms with van der Waals surface area (Å²) >= 11 is 0. The van der Waals surface area contributed by atoms with Crippen LogP contribution in [0.4, 0.5) is 13.2 Å². The van der Waals surface area contributed by atoms with E-state index in [0.29, 0.717) is 28.1 Å². The van der Waals surface area contributed by atoms with Crippen LogP contribution in [0.3, 0.4) is 0 Å². The molecule has 2 N–H and O–H groups in total. The highest BCUT2D eigenvalue weighted by atomic mass is 19.4. The Kier molecular flexibility index (Phi) is 7.19. The van der Waals surface area contributed by atoms with Crippen molar-refractivity contribution >= 4 is 5.97 Å². The zero-order valence-electron chi connectivity index (χ0n) is 19.1. The first-order valence-electron chi connectivity index (χ1n) is 10.8. The summed E-state index contributed by atoms with van der Waals surface area (Å²) in [6.45, 7) is 6.14. The molecule has 2 aromatic carbocycles. The smallest absolute Gasteiger partial charge is 0.389 e. The van der Waals surface area contributed by atoms with E-state index in [9.17, 15) is 27.9 Å². The third-order valence-electron chi connectivity index (χ3n) is 5.35. The molecule has 0 spiro atoms. The van der Waals surface area contributed by atoms with Crippen LogP contribution in [0.5, 0.6) is 5.75 Å². The molecule has 5 nitrogen and oxygen atoms in total. The number of nitrogens with one attached hydrogen (secondary N) is 1. The van der Waals surface area contributed by atoms with Gasteiger partial charge in [-0.15, -0.1) is 0 Å². The van der Waals surface area contributed by atoms with Gasteiger partial charge in [0, 0.05) is 17.7 Å². The summed E-state index contributed by atoms with van der Waals surface area (Å²) in [4.78, 5) is 27.1. The van der Waals surface area contributed by atoms with Gasteiger partial charge in [0.2, 0.25) is 0 Å². The zero-order valence-corrected chi connectivity index (χ0v) is 19.1. The molecule has 0 aliphatic carbocycles. The first-order chi connectivity index (χ1) is 15.8. The van der Waals surface area contributed by atoms with E-state index in [1.54, 1.807) is 42.5 Å². The van der Waals surface area contributed by atoms with Gasteiger partial charge in [0.1, 0.15) is 11.3 Å². The lowest BCUT2D eigenvalue weighted by Crippen LogP contribution is -2.19. The van der Waals surface area contributed by atoms with Gasteiger partial charge in [-0.05, 0) is 58.9 Å². The molecule has 180 valence electrons. The number of hydrogen-bond donors (Lipinski definition) is 2. The Bertz CT molecular complexity index is 1210. The highest BCUT2D eigenvalue weighted by molar-refractivity contribution is 5.96. The molecule has 3 rings (SSSR count). The molecule has 1 aromatic heterocycles. The third kappa shape index (κ3) is 6.27. The Labute approximate surface area is 195 Å². The summed E-state index contributed by atoms with van der Waals surface area (Å²) in [6.07, 6.45) is -5.28. The van der Waals surface area contributed by atoms with Crippen molar-refractivity contribution in [1.82, 2.24) is 4.98 Å². The van der Waals surface area contributed by atoms with Crippen LogP contribution >= 0.6 is 0 Å². The molecule has 0 fully saturated rings. The minimum Gasteiger partial charge on any atom is -0.494 e. The van der Waals surface area contributed by atoms with Gasteiger partial charge >= 0.3 is 12.1 Å². The van der Waals surface area contributed by atoms with E-state index in [1.807, 2.05) is 12.1 Å². The van der Waals surface area contributed by atoms with E-state index in [1.165, 1.54) is 0 Å². The van der Waals surface area contributed by atoms with Crippen LogP contribution in [0.2, 0.25) is 0 Å². The summed E-state index contributed by atoms with van der Waals surface area (Å²) in [7, 11) is 0. The molecule has 3 aromatic rings. The van der Waals surface area contributed by atoms with Gasteiger partial charge in [-0.2, -0.15) is 13.2 Å². The van der Waals surface area contributed by atoms with Gasteiger partial charge in [0.15, 0.2) is 0 Å². The van der Waals surface area contributed by atoms with Crippen LogP contribution in [0.1, 0.15) is 49.5 Å². The number of pyridine rings is 1. The van der Waals surface area contributed by atoms with E-state index in [-0.39, 0.29) is 24.0 Å². The molecule has 0 atom stereocenters. The minimum absolute atomic E-state index is 0.0717. The van der Waals surface area contributed by atoms with Crippen molar-refractivity contribution in [3.63, 3.8) is 0 Å². The highest BCUT2D eigenvalue weighted by Crippen LogP contribution is 2.30. The number of carboxylic acids is 1. The van der Waals surface area contributed by atoms with Gasteiger partial charge in [-0.1, -0.05) is 45.0 Å². The molecular formula is C26H26F3NO4.